The number of rotatable bonds is 8. The number of aromatic nitrogens is 1. The number of ether oxygens (including phenoxy) is 2. The third-order valence-electron chi connectivity index (χ3n) is 5.38. The Morgan fingerprint density at radius 3 is 2.84 bits per heavy atom. The molecule has 0 spiro atoms. The monoisotopic (exact) mass is 349 g/mol. The lowest BCUT2D eigenvalue weighted by atomic mass is 9.95. The van der Waals surface area contributed by atoms with Crippen molar-refractivity contribution in [3.05, 3.63) is 24.0 Å². The molecule has 1 amide bonds. The number of hydrogen-bond acceptors (Lipinski definition) is 4. The van der Waals surface area contributed by atoms with Crippen molar-refractivity contribution in [3.63, 3.8) is 0 Å². The first-order chi connectivity index (χ1) is 12.3. The molecule has 1 aromatic rings. The van der Waals surface area contributed by atoms with Crippen molar-refractivity contribution >= 4 is 5.91 Å². The molecule has 2 aliphatic rings. The van der Waals surface area contributed by atoms with Crippen LogP contribution in [0.2, 0.25) is 0 Å². The van der Waals surface area contributed by atoms with Crippen molar-refractivity contribution < 1.29 is 14.3 Å². The third-order valence-corrected chi connectivity index (χ3v) is 5.38. The number of likely N-dealkylation sites (tertiary alicyclic amines) is 1. The highest BCUT2D eigenvalue weighted by atomic mass is 16.5. The van der Waals surface area contributed by atoms with Gasteiger partial charge < -0.3 is 24.3 Å². The summed E-state index contributed by atoms with van der Waals surface area (Å²) in [4.78, 5) is 20.4. The lowest BCUT2D eigenvalue weighted by Crippen LogP contribution is -2.44. The molecule has 1 unspecified atom stereocenters. The number of methoxy groups -OCH3 is 1. The summed E-state index contributed by atoms with van der Waals surface area (Å²) >= 11 is 0. The molecule has 1 aromatic heterocycles. The summed E-state index contributed by atoms with van der Waals surface area (Å²) in [7, 11) is 1.75. The van der Waals surface area contributed by atoms with E-state index in [1.807, 2.05) is 17.2 Å². The van der Waals surface area contributed by atoms with E-state index in [-0.39, 0.29) is 12.0 Å². The fraction of sp³-hybridized carbons (Fsp3) is 0.737. The van der Waals surface area contributed by atoms with Crippen molar-refractivity contribution in [1.29, 1.82) is 0 Å². The van der Waals surface area contributed by atoms with E-state index in [9.17, 15) is 4.79 Å². The van der Waals surface area contributed by atoms with E-state index in [2.05, 4.69) is 9.88 Å². The number of nitrogens with zero attached hydrogens (tertiary/aromatic N) is 2. The Morgan fingerprint density at radius 1 is 1.36 bits per heavy atom. The molecule has 140 valence electrons. The fourth-order valence-electron chi connectivity index (χ4n) is 3.84. The summed E-state index contributed by atoms with van der Waals surface area (Å²) in [6.07, 6.45) is 8.26. The van der Waals surface area contributed by atoms with Crippen LogP contribution in [0.15, 0.2) is 18.5 Å². The molecule has 3 heterocycles. The zero-order valence-electron chi connectivity index (χ0n) is 15.3. The minimum atomic E-state index is 0.124. The maximum atomic E-state index is 12.9. The van der Waals surface area contributed by atoms with Crippen molar-refractivity contribution in [2.45, 2.75) is 31.8 Å². The van der Waals surface area contributed by atoms with Gasteiger partial charge in [0, 0.05) is 45.7 Å². The highest BCUT2D eigenvalue weighted by Crippen LogP contribution is 2.21. The number of hydrogen-bond donors (Lipinski definition) is 1. The maximum absolute atomic E-state index is 12.9. The number of nitrogens with one attached hydrogen (secondary N) is 1. The number of amides is 1. The standard InChI is InChI=1S/C19H31N3O3/c1-24-12-10-21-8-5-16(6-9-21)14-22(15-18-3-2-11-25-18)19(23)17-4-7-20-13-17/h4,7,13,16,18,20H,2-3,5-6,8-12,14-15H2,1H3. The predicted octanol–water partition coefficient (Wildman–Crippen LogP) is 1.99. The topological polar surface area (TPSA) is 57.8 Å². The lowest BCUT2D eigenvalue weighted by Gasteiger charge is -2.35. The second kappa shape index (κ2) is 9.36. The number of piperidine rings is 1. The molecule has 1 atom stereocenters. The lowest BCUT2D eigenvalue weighted by molar-refractivity contribution is 0.0437. The van der Waals surface area contributed by atoms with E-state index in [0.29, 0.717) is 12.5 Å². The molecule has 2 saturated heterocycles. The average molecular weight is 349 g/mol. The molecule has 0 radical (unpaired) electrons. The molecule has 6 nitrogen and oxygen atoms in total. The van der Waals surface area contributed by atoms with Crippen LogP contribution in [0.1, 0.15) is 36.0 Å². The van der Waals surface area contributed by atoms with Gasteiger partial charge in [-0.05, 0) is 50.8 Å². The Morgan fingerprint density at radius 2 is 2.20 bits per heavy atom. The molecular formula is C19H31N3O3. The van der Waals surface area contributed by atoms with Crippen molar-refractivity contribution in [2.75, 3.05) is 53.0 Å². The van der Waals surface area contributed by atoms with E-state index < -0.39 is 0 Å². The molecule has 2 fully saturated rings. The maximum Gasteiger partial charge on any atom is 0.255 e. The Bertz CT molecular complexity index is 506. The first-order valence-electron chi connectivity index (χ1n) is 9.51. The Hall–Kier alpha value is -1.37. The normalized spacial score (nSPS) is 22.4. The molecule has 25 heavy (non-hydrogen) atoms. The van der Waals surface area contributed by atoms with E-state index in [0.717, 1.165) is 70.6 Å². The van der Waals surface area contributed by atoms with Gasteiger partial charge in [0.25, 0.3) is 5.91 Å². The van der Waals surface area contributed by atoms with Crippen LogP contribution in [0.5, 0.6) is 0 Å². The second-order valence-corrected chi connectivity index (χ2v) is 7.22. The molecule has 0 aromatic carbocycles. The van der Waals surface area contributed by atoms with E-state index in [1.165, 1.54) is 0 Å². The van der Waals surface area contributed by atoms with Crippen molar-refractivity contribution in [3.8, 4) is 0 Å². The molecular weight excluding hydrogens is 318 g/mol. The summed E-state index contributed by atoms with van der Waals surface area (Å²) in [5.41, 5.74) is 0.746. The van der Waals surface area contributed by atoms with Crippen LogP contribution >= 0.6 is 0 Å². The van der Waals surface area contributed by atoms with Gasteiger partial charge in [-0.1, -0.05) is 0 Å². The number of H-pyrrole nitrogens is 1. The second-order valence-electron chi connectivity index (χ2n) is 7.22. The zero-order valence-corrected chi connectivity index (χ0v) is 15.3. The van der Waals surface area contributed by atoms with Gasteiger partial charge in [0.15, 0.2) is 0 Å². The first kappa shape index (κ1) is 18.4. The van der Waals surface area contributed by atoms with Crippen LogP contribution in [0.3, 0.4) is 0 Å². The predicted molar refractivity (Wildman–Crippen MR) is 96.7 cm³/mol. The number of carbonyl (C=O) groups excluding carboxylic acids is 1. The van der Waals surface area contributed by atoms with E-state index in [1.54, 1.807) is 13.3 Å². The summed E-state index contributed by atoms with van der Waals surface area (Å²) in [6, 6.07) is 1.86. The van der Waals surface area contributed by atoms with Crippen LogP contribution in [-0.2, 0) is 9.47 Å². The van der Waals surface area contributed by atoms with Gasteiger partial charge >= 0.3 is 0 Å². The van der Waals surface area contributed by atoms with Crippen molar-refractivity contribution in [2.24, 2.45) is 5.92 Å². The van der Waals surface area contributed by atoms with Crippen molar-refractivity contribution in [1.82, 2.24) is 14.8 Å². The highest BCUT2D eigenvalue weighted by molar-refractivity contribution is 5.94. The smallest absolute Gasteiger partial charge is 0.255 e. The van der Waals surface area contributed by atoms with Gasteiger partial charge in [0.05, 0.1) is 18.3 Å². The number of aromatic amines is 1. The highest BCUT2D eigenvalue weighted by Gasteiger charge is 2.27. The van der Waals surface area contributed by atoms with Gasteiger partial charge in [0.1, 0.15) is 0 Å². The quantitative estimate of drug-likeness (QED) is 0.780. The van der Waals surface area contributed by atoms with Crippen LogP contribution < -0.4 is 0 Å². The van der Waals surface area contributed by atoms with Crippen LogP contribution in [0, 0.1) is 5.92 Å². The molecule has 1 N–H and O–H groups in total. The number of carbonyl (C=O) groups is 1. The van der Waals surface area contributed by atoms with Gasteiger partial charge in [-0.15, -0.1) is 0 Å². The summed E-state index contributed by atoms with van der Waals surface area (Å²) < 4.78 is 10.9. The molecule has 2 aliphatic heterocycles. The van der Waals surface area contributed by atoms with E-state index in [4.69, 9.17) is 9.47 Å². The summed E-state index contributed by atoms with van der Waals surface area (Å²) in [5.74, 6) is 0.696. The Balaban J connectivity index is 1.55. The largest absolute Gasteiger partial charge is 0.383 e. The minimum Gasteiger partial charge on any atom is -0.383 e. The Kier molecular flexibility index (Phi) is 6.90. The van der Waals surface area contributed by atoms with Crippen LogP contribution in [-0.4, -0.2) is 79.8 Å². The molecule has 0 aliphatic carbocycles. The summed E-state index contributed by atoms with van der Waals surface area (Å²) in [6.45, 7) is 6.37. The van der Waals surface area contributed by atoms with Gasteiger partial charge in [-0.2, -0.15) is 0 Å². The molecule has 6 heteroatoms. The molecule has 3 rings (SSSR count). The van der Waals surface area contributed by atoms with Gasteiger partial charge in [0.2, 0.25) is 0 Å². The first-order valence-corrected chi connectivity index (χ1v) is 9.51. The van der Waals surface area contributed by atoms with Gasteiger partial charge in [-0.3, -0.25) is 4.79 Å². The average Bonchev–Trinajstić information content (AvgIpc) is 3.34. The van der Waals surface area contributed by atoms with Gasteiger partial charge in [-0.25, -0.2) is 0 Å². The summed E-state index contributed by atoms with van der Waals surface area (Å²) in [5, 5.41) is 0. The fourth-order valence-corrected chi connectivity index (χ4v) is 3.84. The zero-order chi connectivity index (χ0) is 17.5. The molecule has 0 bridgehead atoms. The third kappa shape index (κ3) is 5.30. The minimum absolute atomic E-state index is 0.124. The molecule has 0 saturated carbocycles. The van der Waals surface area contributed by atoms with Crippen LogP contribution in [0.4, 0.5) is 0 Å². The Labute approximate surface area is 150 Å². The van der Waals surface area contributed by atoms with Crippen LogP contribution in [0.25, 0.3) is 0 Å². The SMILES string of the molecule is COCCN1CCC(CN(CC2CCCO2)C(=O)c2cc[nH]c2)CC1. The van der Waals surface area contributed by atoms with E-state index >= 15 is 0 Å².